The zero-order chi connectivity index (χ0) is 24.9. The van der Waals surface area contributed by atoms with E-state index in [0.717, 1.165) is 43.9 Å². The minimum atomic E-state index is -0.382. The van der Waals surface area contributed by atoms with Gasteiger partial charge in [-0.2, -0.15) is 0 Å². The predicted octanol–water partition coefficient (Wildman–Crippen LogP) is 5.37. The van der Waals surface area contributed by atoms with Crippen LogP contribution in [0.15, 0.2) is 41.4 Å². The molecule has 2 aromatic carbocycles. The van der Waals surface area contributed by atoms with E-state index in [-0.39, 0.29) is 36.8 Å². The summed E-state index contributed by atoms with van der Waals surface area (Å²) >= 11 is 0. The van der Waals surface area contributed by atoms with Crippen LogP contribution in [0.1, 0.15) is 97.8 Å². The van der Waals surface area contributed by atoms with Crippen LogP contribution in [0.25, 0.3) is 10.8 Å². The van der Waals surface area contributed by atoms with Gasteiger partial charge in [-0.25, -0.2) is 4.99 Å². The van der Waals surface area contributed by atoms with Gasteiger partial charge >= 0.3 is 5.97 Å². The van der Waals surface area contributed by atoms with Gasteiger partial charge in [0, 0.05) is 35.5 Å². The average Bonchev–Trinajstić information content (AvgIpc) is 2.90. The summed E-state index contributed by atoms with van der Waals surface area (Å²) in [5.41, 5.74) is 1.06. The highest BCUT2D eigenvalue weighted by Gasteiger charge is 2.32. The first-order valence-corrected chi connectivity index (χ1v) is 13.5. The smallest absolute Gasteiger partial charge is 0.313 e. The number of ether oxygens (including phenoxy) is 1. The van der Waals surface area contributed by atoms with Crippen LogP contribution in [0, 0.1) is 0 Å². The summed E-state index contributed by atoms with van der Waals surface area (Å²) in [5, 5.41) is 4.99. The molecule has 0 spiro atoms. The van der Waals surface area contributed by atoms with E-state index in [4.69, 9.17) is 9.73 Å². The molecular formula is C29H35N3O4. The summed E-state index contributed by atoms with van der Waals surface area (Å²) < 4.78 is 5.71. The Morgan fingerprint density at radius 2 is 1.50 bits per heavy atom. The molecule has 7 nitrogen and oxygen atoms in total. The standard InChI is InChI=1S/C29H35N3O4/c33-25(36-29(30-21-12-3-1-4-13-21)31-22-14-5-2-6-15-22)18-9-19-32-27(34)23-16-7-10-20-11-8-17-24(26(20)23)28(32)35/h7-8,10-11,16-17,21-22H,1-6,9,12-15,18-19H2,(H,30,31). The van der Waals surface area contributed by atoms with Crippen LogP contribution in [0.4, 0.5) is 0 Å². The van der Waals surface area contributed by atoms with Crippen molar-refractivity contribution in [1.29, 1.82) is 0 Å². The first kappa shape index (κ1) is 24.5. The van der Waals surface area contributed by atoms with Crippen LogP contribution in [0.2, 0.25) is 0 Å². The summed E-state index contributed by atoms with van der Waals surface area (Å²) in [6.45, 7) is 0.169. The van der Waals surface area contributed by atoms with Crippen LogP contribution in [-0.4, -0.2) is 47.3 Å². The number of benzene rings is 2. The van der Waals surface area contributed by atoms with E-state index in [1.165, 1.54) is 30.6 Å². The molecule has 1 N–H and O–H groups in total. The Hall–Kier alpha value is -3.22. The SMILES string of the molecule is O=C(CCCN1C(=O)c2cccc3cccc(c23)C1=O)OC(=NC1CCCCC1)NC1CCCCC1. The van der Waals surface area contributed by atoms with Gasteiger partial charge in [0.05, 0.1) is 6.04 Å². The van der Waals surface area contributed by atoms with Crippen molar-refractivity contribution in [3.63, 3.8) is 0 Å². The van der Waals surface area contributed by atoms with Gasteiger partial charge in [-0.3, -0.25) is 19.3 Å². The first-order valence-electron chi connectivity index (χ1n) is 13.5. The predicted molar refractivity (Wildman–Crippen MR) is 139 cm³/mol. The van der Waals surface area contributed by atoms with Gasteiger partial charge < -0.3 is 10.1 Å². The fourth-order valence-corrected chi connectivity index (χ4v) is 5.71. The number of hydrogen-bond acceptors (Lipinski definition) is 5. The second-order valence-corrected chi connectivity index (χ2v) is 10.3. The third kappa shape index (κ3) is 5.45. The van der Waals surface area contributed by atoms with E-state index in [2.05, 4.69) is 5.32 Å². The Morgan fingerprint density at radius 3 is 2.14 bits per heavy atom. The molecule has 0 unspecified atom stereocenters. The number of carbonyl (C=O) groups excluding carboxylic acids is 3. The molecule has 2 aromatic rings. The molecule has 0 bridgehead atoms. The number of imide groups is 1. The molecule has 3 aliphatic rings. The molecule has 0 radical (unpaired) electrons. The Bertz CT molecular complexity index is 1110. The van der Waals surface area contributed by atoms with Crippen LogP contribution < -0.4 is 5.32 Å². The van der Waals surface area contributed by atoms with E-state index in [9.17, 15) is 14.4 Å². The topological polar surface area (TPSA) is 88.1 Å². The number of aliphatic imine (C=N–C) groups is 1. The van der Waals surface area contributed by atoms with Crippen molar-refractivity contribution in [3.8, 4) is 0 Å². The quantitative estimate of drug-likeness (QED) is 0.255. The zero-order valence-corrected chi connectivity index (χ0v) is 20.8. The van der Waals surface area contributed by atoms with Crippen LogP contribution in [0.3, 0.4) is 0 Å². The van der Waals surface area contributed by atoms with E-state index in [1.807, 2.05) is 24.3 Å². The van der Waals surface area contributed by atoms with Crippen molar-refractivity contribution in [2.75, 3.05) is 6.54 Å². The fraction of sp³-hybridized carbons (Fsp3) is 0.517. The largest absolute Gasteiger partial charge is 0.393 e. The highest BCUT2D eigenvalue weighted by Crippen LogP contribution is 2.30. The maximum atomic E-state index is 13.1. The van der Waals surface area contributed by atoms with E-state index in [1.54, 1.807) is 12.1 Å². The molecule has 1 heterocycles. The van der Waals surface area contributed by atoms with Crippen molar-refractivity contribution < 1.29 is 19.1 Å². The molecule has 0 aromatic heterocycles. The summed E-state index contributed by atoms with van der Waals surface area (Å²) in [7, 11) is 0. The van der Waals surface area contributed by atoms with E-state index < -0.39 is 0 Å². The molecule has 36 heavy (non-hydrogen) atoms. The summed E-state index contributed by atoms with van der Waals surface area (Å²) in [4.78, 5) is 44.9. The number of carbonyl (C=O) groups is 3. The minimum absolute atomic E-state index is 0.110. The normalized spacial score (nSPS) is 19.6. The fourth-order valence-electron chi connectivity index (χ4n) is 5.71. The molecule has 2 saturated carbocycles. The zero-order valence-electron chi connectivity index (χ0n) is 20.8. The van der Waals surface area contributed by atoms with Gasteiger partial charge in [-0.15, -0.1) is 0 Å². The number of nitrogens with one attached hydrogen (secondary N) is 1. The van der Waals surface area contributed by atoms with Crippen molar-refractivity contribution in [2.45, 2.75) is 89.1 Å². The third-order valence-electron chi connectivity index (χ3n) is 7.64. The first-order chi connectivity index (χ1) is 17.6. The Kier molecular flexibility index (Phi) is 7.63. The molecule has 2 fully saturated rings. The molecule has 7 heteroatoms. The minimum Gasteiger partial charge on any atom is -0.393 e. The van der Waals surface area contributed by atoms with Crippen LogP contribution in [0.5, 0.6) is 0 Å². The van der Waals surface area contributed by atoms with Crippen LogP contribution >= 0.6 is 0 Å². The second-order valence-electron chi connectivity index (χ2n) is 10.3. The highest BCUT2D eigenvalue weighted by molar-refractivity contribution is 6.25. The highest BCUT2D eigenvalue weighted by atomic mass is 16.6. The van der Waals surface area contributed by atoms with Gasteiger partial charge in [0.25, 0.3) is 17.8 Å². The molecule has 0 atom stereocenters. The van der Waals surface area contributed by atoms with Crippen molar-refractivity contribution in [2.24, 2.45) is 4.99 Å². The summed E-state index contributed by atoms with van der Waals surface area (Å²) in [5.74, 6) is -1.00. The lowest BCUT2D eigenvalue weighted by Crippen LogP contribution is -2.41. The number of esters is 1. The molecule has 0 saturated heterocycles. The van der Waals surface area contributed by atoms with Gasteiger partial charge in [-0.05, 0) is 49.6 Å². The lowest BCUT2D eigenvalue weighted by molar-refractivity contribution is -0.136. The lowest BCUT2D eigenvalue weighted by Gasteiger charge is -2.27. The lowest BCUT2D eigenvalue weighted by atomic mass is 9.94. The van der Waals surface area contributed by atoms with Crippen molar-refractivity contribution >= 4 is 34.6 Å². The summed E-state index contributed by atoms with van der Waals surface area (Å²) in [6.07, 6.45) is 11.8. The molecule has 1 aliphatic heterocycles. The van der Waals surface area contributed by atoms with Crippen LogP contribution in [-0.2, 0) is 9.53 Å². The van der Waals surface area contributed by atoms with Gasteiger partial charge in [-0.1, -0.05) is 62.8 Å². The molecule has 2 aliphatic carbocycles. The van der Waals surface area contributed by atoms with Crippen molar-refractivity contribution in [3.05, 3.63) is 47.5 Å². The molecule has 5 rings (SSSR count). The second kappa shape index (κ2) is 11.2. The average molecular weight is 490 g/mol. The maximum absolute atomic E-state index is 13.1. The van der Waals surface area contributed by atoms with Gasteiger partial charge in [0.2, 0.25) is 0 Å². The monoisotopic (exact) mass is 489 g/mol. The number of nitrogens with zero attached hydrogens (tertiary/aromatic N) is 2. The maximum Gasteiger partial charge on any atom is 0.313 e. The van der Waals surface area contributed by atoms with Crippen molar-refractivity contribution in [1.82, 2.24) is 10.2 Å². The summed E-state index contributed by atoms with van der Waals surface area (Å²) in [6, 6.07) is 11.8. The molecular weight excluding hydrogens is 454 g/mol. The molecule has 2 amide bonds. The number of amidine groups is 1. The third-order valence-corrected chi connectivity index (χ3v) is 7.64. The van der Waals surface area contributed by atoms with E-state index >= 15 is 0 Å². The Labute approximate surface area is 212 Å². The Morgan fingerprint density at radius 1 is 0.889 bits per heavy atom. The van der Waals surface area contributed by atoms with Gasteiger partial charge in [0.15, 0.2) is 0 Å². The van der Waals surface area contributed by atoms with E-state index in [0.29, 0.717) is 35.0 Å². The molecule has 190 valence electrons. The number of hydrogen-bond donors (Lipinski definition) is 1. The number of rotatable bonds is 6. The van der Waals surface area contributed by atoms with Gasteiger partial charge in [0.1, 0.15) is 0 Å². The Balaban J connectivity index is 1.20. The number of amides is 2.